The van der Waals surface area contributed by atoms with Gasteiger partial charge in [0.2, 0.25) is 0 Å². The van der Waals surface area contributed by atoms with Crippen molar-refractivity contribution < 1.29 is 14.3 Å². The monoisotopic (exact) mass is 300 g/mol. The third-order valence-corrected chi connectivity index (χ3v) is 4.15. The fourth-order valence-corrected chi connectivity index (χ4v) is 2.78. The largest absolute Gasteiger partial charge is 0.465 e. The van der Waals surface area contributed by atoms with Crippen molar-refractivity contribution in [3.8, 4) is 0 Å². The molecule has 0 radical (unpaired) electrons. The van der Waals surface area contributed by atoms with Gasteiger partial charge in [0.1, 0.15) is 5.54 Å². The summed E-state index contributed by atoms with van der Waals surface area (Å²) in [6.07, 6.45) is 3.43. The Hall–Kier alpha value is -0.650. The molecular formula is C16H32N2O3. The highest BCUT2D eigenvalue weighted by molar-refractivity contribution is 5.80. The van der Waals surface area contributed by atoms with Crippen LogP contribution in [0.15, 0.2) is 0 Å². The molecule has 1 heterocycles. The minimum absolute atomic E-state index is 0.153. The molecule has 1 aliphatic heterocycles. The fourth-order valence-electron chi connectivity index (χ4n) is 2.78. The second-order valence-electron chi connectivity index (χ2n) is 5.86. The van der Waals surface area contributed by atoms with Gasteiger partial charge >= 0.3 is 5.97 Å². The highest BCUT2D eigenvalue weighted by atomic mass is 16.5. The predicted molar refractivity (Wildman–Crippen MR) is 84.4 cm³/mol. The van der Waals surface area contributed by atoms with E-state index < -0.39 is 5.54 Å². The fraction of sp³-hybridized carbons (Fsp3) is 0.938. The van der Waals surface area contributed by atoms with E-state index in [0.717, 1.165) is 45.6 Å². The highest BCUT2D eigenvalue weighted by Crippen LogP contribution is 2.16. The second-order valence-corrected chi connectivity index (χ2v) is 5.86. The minimum atomic E-state index is -0.602. The van der Waals surface area contributed by atoms with Crippen LogP contribution in [-0.2, 0) is 14.3 Å². The van der Waals surface area contributed by atoms with E-state index in [4.69, 9.17) is 9.47 Å². The molecule has 0 spiro atoms. The van der Waals surface area contributed by atoms with E-state index in [2.05, 4.69) is 17.1 Å². The van der Waals surface area contributed by atoms with Gasteiger partial charge in [-0.15, -0.1) is 0 Å². The number of hydrogen-bond donors (Lipinski definition) is 1. The van der Waals surface area contributed by atoms with E-state index in [-0.39, 0.29) is 5.97 Å². The highest BCUT2D eigenvalue weighted by Gasteiger charge is 2.34. The van der Waals surface area contributed by atoms with Gasteiger partial charge in [-0.05, 0) is 46.2 Å². The van der Waals surface area contributed by atoms with Crippen LogP contribution in [0.25, 0.3) is 0 Å². The average Bonchev–Trinajstić information content (AvgIpc) is 2.97. The molecule has 0 aromatic rings. The standard InChI is InChI=1S/C16H32N2O3/c1-5-17-16(4,15(19)20-7-3)10-11-18(6-2)13-14-9-8-12-21-14/h14,17H,5-13H2,1-4H3. The summed E-state index contributed by atoms with van der Waals surface area (Å²) in [6.45, 7) is 12.8. The van der Waals surface area contributed by atoms with Gasteiger partial charge in [0.05, 0.1) is 12.7 Å². The molecule has 0 aromatic carbocycles. The molecule has 0 aromatic heterocycles. The maximum Gasteiger partial charge on any atom is 0.326 e. The quantitative estimate of drug-likeness (QED) is 0.624. The van der Waals surface area contributed by atoms with E-state index in [0.29, 0.717) is 12.7 Å². The number of nitrogens with one attached hydrogen (secondary N) is 1. The SMILES string of the molecule is CCNC(C)(CCN(CC)CC1CCCO1)C(=O)OCC. The van der Waals surface area contributed by atoms with Gasteiger partial charge in [-0.3, -0.25) is 4.79 Å². The van der Waals surface area contributed by atoms with Crippen LogP contribution in [0.4, 0.5) is 0 Å². The first kappa shape index (κ1) is 18.4. The molecule has 0 saturated carbocycles. The summed E-state index contributed by atoms with van der Waals surface area (Å²) in [4.78, 5) is 14.5. The van der Waals surface area contributed by atoms with E-state index in [1.54, 1.807) is 0 Å². The maximum absolute atomic E-state index is 12.2. The predicted octanol–water partition coefficient (Wildman–Crippen LogP) is 1.81. The van der Waals surface area contributed by atoms with Crippen LogP contribution in [0.1, 0.15) is 47.0 Å². The number of ether oxygens (including phenoxy) is 2. The van der Waals surface area contributed by atoms with Crippen LogP contribution in [0.5, 0.6) is 0 Å². The van der Waals surface area contributed by atoms with Gasteiger partial charge in [0, 0.05) is 19.7 Å². The van der Waals surface area contributed by atoms with Crippen molar-refractivity contribution in [2.24, 2.45) is 0 Å². The van der Waals surface area contributed by atoms with Gasteiger partial charge in [-0.1, -0.05) is 13.8 Å². The summed E-state index contributed by atoms with van der Waals surface area (Å²) in [6, 6.07) is 0. The maximum atomic E-state index is 12.2. The summed E-state index contributed by atoms with van der Waals surface area (Å²) in [7, 11) is 0. The first-order chi connectivity index (χ1) is 10.1. The lowest BCUT2D eigenvalue weighted by atomic mass is 9.97. The Labute approximate surface area is 129 Å². The van der Waals surface area contributed by atoms with Crippen molar-refractivity contribution in [1.82, 2.24) is 10.2 Å². The normalized spacial score (nSPS) is 21.5. The number of carbonyl (C=O) groups is 1. The zero-order valence-corrected chi connectivity index (χ0v) is 14.1. The van der Waals surface area contributed by atoms with E-state index in [1.807, 2.05) is 20.8 Å². The molecule has 0 aliphatic carbocycles. The van der Waals surface area contributed by atoms with Crippen molar-refractivity contribution in [2.75, 3.05) is 39.4 Å². The molecule has 1 rings (SSSR count). The lowest BCUT2D eigenvalue weighted by Gasteiger charge is -2.31. The average molecular weight is 300 g/mol. The second kappa shape index (κ2) is 9.38. The van der Waals surface area contributed by atoms with Crippen LogP contribution in [0.3, 0.4) is 0 Å². The molecule has 1 N–H and O–H groups in total. The zero-order chi connectivity index (χ0) is 15.7. The van der Waals surface area contributed by atoms with Crippen LogP contribution in [0, 0.1) is 0 Å². The molecule has 2 unspecified atom stereocenters. The summed E-state index contributed by atoms with van der Waals surface area (Å²) < 4.78 is 10.9. The van der Waals surface area contributed by atoms with Crippen molar-refractivity contribution in [3.05, 3.63) is 0 Å². The molecule has 1 fully saturated rings. The number of esters is 1. The lowest BCUT2D eigenvalue weighted by molar-refractivity contribution is -0.151. The van der Waals surface area contributed by atoms with Crippen LogP contribution in [-0.4, -0.2) is 61.9 Å². The lowest BCUT2D eigenvalue weighted by Crippen LogP contribution is -2.52. The van der Waals surface area contributed by atoms with E-state index in [1.165, 1.54) is 6.42 Å². The first-order valence-corrected chi connectivity index (χ1v) is 8.31. The number of likely N-dealkylation sites (N-methyl/N-ethyl adjacent to an activating group) is 2. The number of rotatable bonds is 10. The molecule has 5 heteroatoms. The Morgan fingerprint density at radius 2 is 2.19 bits per heavy atom. The molecular weight excluding hydrogens is 268 g/mol. The molecule has 124 valence electrons. The van der Waals surface area contributed by atoms with E-state index >= 15 is 0 Å². The molecule has 0 amide bonds. The van der Waals surface area contributed by atoms with Crippen LogP contribution < -0.4 is 5.32 Å². The van der Waals surface area contributed by atoms with E-state index in [9.17, 15) is 4.79 Å². The van der Waals surface area contributed by atoms with Crippen molar-refractivity contribution in [3.63, 3.8) is 0 Å². The number of nitrogens with zero attached hydrogens (tertiary/aromatic N) is 1. The Balaban J connectivity index is 2.50. The minimum Gasteiger partial charge on any atom is -0.465 e. The van der Waals surface area contributed by atoms with Crippen LogP contribution >= 0.6 is 0 Å². The van der Waals surface area contributed by atoms with Gasteiger partial charge < -0.3 is 19.7 Å². The third-order valence-electron chi connectivity index (χ3n) is 4.15. The number of hydrogen-bond acceptors (Lipinski definition) is 5. The first-order valence-electron chi connectivity index (χ1n) is 8.31. The van der Waals surface area contributed by atoms with Gasteiger partial charge in [-0.25, -0.2) is 0 Å². The van der Waals surface area contributed by atoms with Gasteiger partial charge in [-0.2, -0.15) is 0 Å². The zero-order valence-electron chi connectivity index (χ0n) is 14.1. The van der Waals surface area contributed by atoms with Gasteiger partial charge in [0.25, 0.3) is 0 Å². The number of carbonyl (C=O) groups excluding carboxylic acids is 1. The van der Waals surface area contributed by atoms with Crippen molar-refractivity contribution in [2.45, 2.75) is 58.6 Å². The topological polar surface area (TPSA) is 50.8 Å². The summed E-state index contributed by atoms with van der Waals surface area (Å²) in [5, 5.41) is 3.28. The van der Waals surface area contributed by atoms with Gasteiger partial charge in [0.15, 0.2) is 0 Å². The molecule has 0 bridgehead atoms. The smallest absolute Gasteiger partial charge is 0.326 e. The summed E-state index contributed by atoms with van der Waals surface area (Å²) >= 11 is 0. The molecule has 21 heavy (non-hydrogen) atoms. The molecule has 5 nitrogen and oxygen atoms in total. The van der Waals surface area contributed by atoms with Crippen molar-refractivity contribution >= 4 is 5.97 Å². The van der Waals surface area contributed by atoms with Crippen molar-refractivity contribution in [1.29, 1.82) is 0 Å². The molecule has 1 saturated heterocycles. The third kappa shape index (κ3) is 5.93. The summed E-state index contributed by atoms with van der Waals surface area (Å²) in [5.41, 5.74) is -0.602. The Morgan fingerprint density at radius 1 is 1.43 bits per heavy atom. The Bertz CT molecular complexity index is 306. The Morgan fingerprint density at radius 3 is 2.71 bits per heavy atom. The summed E-state index contributed by atoms with van der Waals surface area (Å²) in [5.74, 6) is -0.153. The van der Waals surface area contributed by atoms with Crippen LogP contribution in [0.2, 0.25) is 0 Å². The molecule has 2 atom stereocenters. The Kier molecular flexibility index (Phi) is 8.22. The molecule has 1 aliphatic rings.